The number of esters is 2. The molecule has 0 amide bonds. The highest BCUT2D eigenvalue weighted by atomic mass is 19.4. The smallest absolute Gasteiger partial charge is 0.386 e. The number of ether oxygens (including phenoxy) is 1. The van der Waals surface area contributed by atoms with Crippen molar-refractivity contribution in [1.82, 2.24) is 9.38 Å². The molecule has 0 saturated heterocycles. The minimum absolute atomic E-state index is 0.387. The molecule has 0 aliphatic carbocycles. The van der Waals surface area contributed by atoms with Gasteiger partial charge in [-0.15, -0.1) is 0 Å². The van der Waals surface area contributed by atoms with Gasteiger partial charge in [0.15, 0.2) is 0 Å². The second kappa shape index (κ2) is 4.95. The summed E-state index contributed by atoms with van der Waals surface area (Å²) in [5, 5.41) is 0. The van der Waals surface area contributed by atoms with Crippen molar-refractivity contribution in [3.63, 3.8) is 0 Å². The van der Waals surface area contributed by atoms with Crippen LogP contribution in [-0.4, -0.2) is 27.5 Å². The number of hydrogen-bond acceptors (Lipinski definition) is 4. The van der Waals surface area contributed by atoms with E-state index in [4.69, 9.17) is 0 Å². The number of pyridine rings is 1. The van der Waals surface area contributed by atoms with Crippen molar-refractivity contribution >= 4 is 17.6 Å². The van der Waals surface area contributed by atoms with E-state index in [0.717, 1.165) is 0 Å². The van der Waals surface area contributed by atoms with E-state index in [0.29, 0.717) is 17.0 Å². The zero-order chi connectivity index (χ0) is 14.9. The largest absolute Gasteiger partial charge is 0.491 e. The van der Waals surface area contributed by atoms with E-state index in [2.05, 4.69) is 9.72 Å². The van der Waals surface area contributed by atoms with Crippen molar-refractivity contribution in [2.75, 3.05) is 0 Å². The first kappa shape index (κ1) is 14.0. The lowest BCUT2D eigenvalue weighted by Gasteiger charge is -2.08. The van der Waals surface area contributed by atoms with Gasteiger partial charge in [0.25, 0.3) is 0 Å². The molecule has 5 nitrogen and oxygen atoms in total. The maximum atomic E-state index is 12.0. The Balaban J connectivity index is 2.19. The van der Waals surface area contributed by atoms with E-state index in [1.807, 2.05) is 0 Å². The second-order valence-corrected chi connectivity index (χ2v) is 4.05. The summed E-state index contributed by atoms with van der Waals surface area (Å²) in [6.07, 6.45) is -4.09. The number of halogens is 3. The highest BCUT2D eigenvalue weighted by molar-refractivity contribution is 5.89. The number of alkyl halides is 3. The van der Waals surface area contributed by atoms with Crippen LogP contribution in [0.4, 0.5) is 13.2 Å². The van der Waals surface area contributed by atoms with Crippen LogP contribution in [0.2, 0.25) is 0 Å². The van der Waals surface area contributed by atoms with Gasteiger partial charge in [0.05, 0.1) is 6.42 Å². The number of aromatic nitrogens is 2. The summed E-state index contributed by atoms with van der Waals surface area (Å²) in [5.41, 5.74) is 1.65. The van der Waals surface area contributed by atoms with Gasteiger partial charge in [-0.3, -0.25) is 4.79 Å². The van der Waals surface area contributed by atoms with Crippen molar-refractivity contribution in [3.8, 4) is 0 Å². The van der Waals surface area contributed by atoms with Gasteiger partial charge in [0.1, 0.15) is 5.65 Å². The number of imidazole rings is 1. The van der Waals surface area contributed by atoms with Crippen LogP contribution in [0.1, 0.15) is 11.4 Å². The first-order valence-electron chi connectivity index (χ1n) is 5.53. The van der Waals surface area contributed by atoms with E-state index in [1.54, 1.807) is 35.7 Å². The van der Waals surface area contributed by atoms with Crippen LogP contribution in [0.15, 0.2) is 24.4 Å². The third kappa shape index (κ3) is 2.79. The van der Waals surface area contributed by atoms with Crippen LogP contribution in [0.3, 0.4) is 0 Å². The van der Waals surface area contributed by atoms with Gasteiger partial charge in [0.2, 0.25) is 0 Å². The summed E-state index contributed by atoms with van der Waals surface area (Å²) in [7, 11) is 0. The molecule has 2 aromatic rings. The van der Waals surface area contributed by atoms with Crippen LogP contribution in [0.5, 0.6) is 0 Å². The number of aryl methyl sites for hydroxylation is 1. The van der Waals surface area contributed by atoms with Crippen LogP contribution in [-0.2, 0) is 20.7 Å². The minimum Gasteiger partial charge on any atom is -0.386 e. The highest BCUT2D eigenvalue weighted by Crippen LogP contribution is 2.17. The van der Waals surface area contributed by atoms with Gasteiger partial charge in [-0.05, 0) is 19.1 Å². The fraction of sp³-hybridized carbons (Fsp3) is 0.250. The maximum absolute atomic E-state index is 12.0. The van der Waals surface area contributed by atoms with Gasteiger partial charge < -0.3 is 9.14 Å². The fourth-order valence-electron chi connectivity index (χ4n) is 1.75. The van der Waals surface area contributed by atoms with E-state index in [9.17, 15) is 22.8 Å². The Bertz CT molecular complexity index is 676. The molecule has 106 valence electrons. The maximum Gasteiger partial charge on any atom is 0.491 e. The molecule has 0 N–H and O–H groups in total. The molecule has 8 heteroatoms. The topological polar surface area (TPSA) is 60.7 Å². The predicted molar refractivity (Wildman–Crippen MR) is 60.8 cm³/mol. The molecule has 0 saturated carbocycles. The van der Waals surface area contributed by atoms with Crippen LogP contribution >= 0.6 is 0 Å². The van der Waals surface area contributed by atoms with Gasteiger partial charge in [0, 0.05) is 17.6 Å². The molecule has 2 heterocycles. The monoisotopic (exact) mass is 286 g/mol. The average molecular weight is 286 g/mol. The summed E-state index contributed by atoms with van der Waals surface area (Å²) >= 11 is 0. The molecule has 0 radical (unpaired) electrons. The minimum atomic E-state index is -5.19. The molecule has 0 unspecified atom stereocenters. The SMILES string of the molecule is Cc1cnc2cccc(CC(=O)OC(=O)C(F)(F)F)n12. The summed E-state index contributed by atoms with van der Waals surface area (Å²) in [6.45, 7) is 1.73. The lowest BCUT2D eigenvalue weighted by atomic mass is 10.2. The van der Waals surface area contributed by atoms with Gasteiger partial charge in [-0.2, -0.15) is 13.2 Å². The zero-order valence-corrected chi connectivity index (χ0v) is 10.3. The lowest BCUT2D eigenvalue weighted by Crippen LogP contribution is -2.28. The number of hydrogen-bond donors (Lipinski definition) is 0. The van der Waals surface area contributed by atoms with E-state index >= 15 is 0 Å². The first-order chi connectivity index (χ1) is 9.29. The average Bonchev–Trinajstić information content (AvgIpc) is 2.71. The molecular weight excluding hydrogens is 277 g/mol. The molecule has 0 aliphatic rings. The third-order valence-corrected chi connectivity index (χ3v) is 2.55. The Labute approximate surface area is 111 Å². The van der Waals surface area contributed by atoms with E-state index in [1.165, 1.54) is 0 Å². The van der Waals surface area contributed by atoms with Crippen LogP contribution in [0, 0.1) is 6.92 Å². The lowest BCUT2D eigenvalue weighted by molar-refractivity contribution is -0.201. The zero-order valence-electron chi connectivity index (χ0n) is 10.3. The molecular formula is C12H9F3N2O3. The number of rotatable bonds is 2. The third-order valence-electron chi connectivity index (χ3n) is 2.55. The van der Waals surface area contributed by atoms with Crippen LogP contribution < -0.4 is 0 Å². The number of nitrogens with zero attached hydrogens (tertiary/aromatic N) is 2. The number of carbonyl (C=O) groups excluding carboxylic acids is 2. The Kier molecular flexibility index (Phi) is 3.47. The molecule has 2 rings (SSSR count). The molecule has 0 spiro atoms. The fourth-order valence-corrected chi connectivity index (χ4v) is 1.75. The first-order valence-corrected chi connectivity index (χ1v) is 5.53. The Morgan fingerprint density at radius 3 is 2.70 bits per heavy atom. The van der Waals surface area contributed by atoms with Gasteiger partial charge in [-0.1, -0.05) is 6.07 Å². The van der Waals surface area contributed by atoms with Crippen molar-refractivity contribution in [1.29, 1.82) is 0 Å². The summed E-state index contributed by atoms with van der Waals surface area (Å²) in [4.78, 5) is 26.0. The normalized spacial score (nSPS) is 11.6. The molecule has 20 heavy (non-hydrogen) atoms. The van der Waals surface area contributed by atoms with E-state index < -0.39 is 24.5 Å². The van der Waals surface area contributed by atoms with Gasteiger partial charge >= 0.3 is 18.1 Å². The van der Waals surface area contributed by atoms with E-state index in [-0.39, 0.29) is 0 Å². The number of carbonyl (C=O) groups is 2. The summed E-state index contributed by atoms with van der Waals surface area (Å²) < 4.78 is 41.3. The molecule has 0 aromatic carbocycles. The van der Waals surface area contributed by atoms with Gasteiger partial charge in [-0.25, -0.2) is 9.78 Å². The van der Waals surface area contributed by atoms with Crippen LogP contribution in [0.25, 0.3) is 5.65 Å². The quantitative estimate of drug-likeness (QED) is 0.624. The summed E-state index contributed by atoms with van der Waals surface area (Å²) in [5.74, 6) is -3.79. The standard InChI is InChI=1S/C12H9F3N2O3/c1-7-6-16-9-4-2-3-8(17(7)9)5-10(18)20-11(19)12(13,14)15/h2-4,6H,5H2,1H3. The number of fused-ring (bicyclic) bond motifs is 1. The molecule has 0 aliphatic heterocycles. The van der Waals surface area contributed by atoms with Crippen molar-refractivity contribution in [3.05, 3.63) is 35.8 Å². The second-order valence-electron chi connectivity index (χ2n) is 4.05. The molecule has 2 aromatic heterocycles. The van der Waals surface area contributed by atoms with Crippen molar-refractivity contribution in [2.45, 2.75) is 19.5 Å². The molecule has 0 fully saturated rings. The Morgan fingerprint density at radius 2 is 2.05 bits per heavy atom. The molecule has 0 atom stereocenters. The molecule has 0 bridgehead atoms. The predicted octanol–water partition coefficient (Wildman–Crippen LogP) is 1.82. The Morgan fingerprint density at radius 1 is 1.35 bits per heavy atom. The van der Waals surface area contributed by atoms with Crippen molar-refractivity contribution < 1.29 is 27.5 Å². The Hall–Kier alpha value is -2.38. The summed E-state index contributed by atoms with van der Waals surface area (Å²) in [6, 6.07) is 4.83. The highest BCUT2D eigenvalue weighted by Gasteiger charge is 2.42. The van der Waals surface area contributed by atoms with Crippen molar-refractivity contribution in [2.24, 2.45) is 0 Å².